The van der Waals surface area contributed by atoms with E-state index in [1.54, 1.807) is 55.1 Å². The van der Waals surface area contributed by atoms with Crippen molar-refractivity contribution in [3.63, 3.8) is 0 Å². The summed E-state index contributed by atoms with van der Waals surface area (Å²) in [5.74, 6) is 0.200. The zero-order valence-electron chi connectivity index (χ0n) is 20.6. The van der Waals surface area contributed by atoms with Crippen LogP contribution in [0.3, 0.4) is 0 Å². The van der Waals surface area contributed by atoms with Gasteiger partial charge in [0, 0.05) is 46.0 Å². The summed E-state index contributed by atoms with van der Waals surface area (Å²) in [5.41, 5.74) is 1.97. The lowest BCUT2D eigenvalue weighted by atomic mass is 10.2. The van der Waals surface area contributed by atoms with Crippen molar-refractivity contribution in [1.29, 1.82) is 5.26 Å². The third kappa shape index (κ3) is 6.48. The van der Waals surface area contributed by atoms with Crippen LogP contribution in [0.2, 0.25) is 0 Å². The fourth-order valence-corrected chi connectivity index (χ4v) is 4.35. The highest BCUT2D eigenvalue weighted by Crippen LogP contribution is 2.15. The number of urea groups is 1. The normalized spacial score (nSPS) is 16.3. The van der Waals surface area contributed by atoms with E-state index in [9.17, 15) is 14.4 Å². The van der Waals surface area contributed by atoms with Gasteiger partial charge in [0.2, 0.25) is 0 Å². The van der Waals surface area contributed by atoms with Crippen molar-refractivity contribution in [2.45, 2.75) is 12.6 Å². The zero-order chi connectivity index (χ0) is 26.4. The Labute approximate surface area is 219 Å². The second kappa shape index (κ2) is 11.9. The van der Waals surface area contributed by atoms with Crippen molar-refractivity contribution in [1.82, 2.24) is 14.0 Å². The predicted molar refractivity (Wildman–Crippen MR) is 141 cm³/mol. The molecule has 37 heavy (non-hydrogen) atoms. The van der Waals surface area contributed by atoms with Crippen molar-refractivity contribution in [3.8, 4) is 6.07 Å². The number of hydrogen-bond donors (Lipinski definition) is 2. The third-order valence-electron chi connectivity index (χ3n) is 6.07. The highest BCUT2D eigenvalue weighted by Gasteiger charge is 2.22. The van der Waals surface area contributed by atoms with Crippen LogP contribution in [-0.4, -0.2) is 52.4 Å². The number of carbonyl (C=O) groups excluding carboxylic acids is 1. The molecule has 4 rings (SSSR count). The summed E-state index contributed by atoms with van der Waals surface area (Å²) in [4.78, 5) is 19.0. The number of anilines is 2. The summed E-state index contributed by atoms with van der Waals surface area (Å²) < 4.78 is 22.8. The third-order valence-corrected chi connectivity index (χ3v) is 6.62. The number of benzene rings is 2. The van der Waals surface area contributed by atoms with E-state index < -0.39 is 6.03 Å². The lowest BCUT2D eigenvalue weighted by Gasteiger charge is -2.33. The highest BCUT2D eigenvalue weighted by molar-refractivity contribution is 7.71. The number of carbonyl (C=O) groups is 1. The first-order chi connectivity index (χ1) is 17.9. The molecule has 1 saturated heterocycles. The van der Waals surface area contributed by atoms with Gasteiger partial charge in [-0.1, -0.05) is 30.3 Å². The molecule has 2 N–H and O–H groups in total. The molecule has 1 aliphatic rings. The van der Waals surface area contributed by atoms with Gasteiger partial charge in [-0.15, -0.1) is 0 Å². The van der Waals surface area contributed by atoms with Gasteiger partial charge in [-0.25, -0.2) is 9.18 Å². The molecule has 1 unspecified atom stereocenters. The zero-order valence-corrected chi connectivity index (χ0v) is 21.5. The number of aromatic nitrogens is 2. The molecule has 3 aromatic rings. The van der Waals surface area contributed by atoms with Crippen LogP contribution in [0, 0.1) is 21.9 Å². The fourth-order valence-electron chi connectivity index (χ4n) is 4.17. The summed E-state index contributed by atoms with van der Waals surface area (Å²) in [6.45, 7) is 3.09. The first-order valence-electron chi connectivity index (χ1n) is 11.8. The predicted octanol–water partition coefficient (Wildman–Crippen LogP) is 3.55. The number of nitrogens with one attached hydrogen (secondary N) is 2. The van der Waals surface area contributed by atoms with Crippen LogP contribution in [0.5, 0.6) is 0 Å². The van der Waals surface area contributed by atoms with Crippen LogP contribution in [0.25, 0.3) is 0 Å². The molecule has 2 amide bonds. The van der Waals surface area contributed by atoms with Gasteiger partial charge in [-0.2, -0.15) is 10.3 Å². The van der Waals surface area contributed by atoms with Crippen molar-refractivity contribution in [3.05, 3.63) is 81.8 Å². The van der Waals surface area contributed by atoms with Crippen LogP contribution >= 0.6 is 12.2 Å². The number of halogens is 1. The van der Waals surface area contributed by atoms with E-state index in [2.05, 4.69) is 26.6 Å². The summed E-state index contributed by atoms with van der Waals surface area (Å²) >= 11 is 5.55. The summed E-state index contributed by atoms with van der Waals surface area (Å²) in [6, 6.07) is 17.0. The minimum Gasteiger partial charge on any atom is -0.374 e. The molecule has 0 saturated carbocycles. The summed E-state index contributed by atoms with van der Waals surface area (Å²) in [5, 5.41) is 16.0. The maximum atomic E-state index is 13.2. The number of rotatable bonds is 6. The average Bonchev–Trinajstić information content (AvgIpc) is 2.90. The van der Waals surface area contributed by atoms with E-state index in [0.29, 0.717) is 42.5 Å². The van der Waals surface area contributed by atoms with Crippen LogP contribution in [0.4, 0.5) is 20.7 Å². The van der Waals surface area contributed by atoms with E-state index >= 15 is 0 Å². The molecular weight excluding hydrogens is 493 g/mol. The van der Waals surface area contributed by atoms with Gasteiger partial charge >= 0.3 is 6.03 Å². The Hall–Kier alpha value is -3.85. The number of amides is 2. The standard InChI is InChI=1S/C26H28FN7O2S/c1-32-23(29-15-21-17-34(12-13-36-21)16-18-8-10-19(27)11-9-18)22(14-28)24(33(2)26(32)37)31-25(35)30-20-6-4-3-5-7-20/h3-11,21,29H,12-13,15-17H2,1-2H3,(H,30,35). The Morgan fingerprint density at radius 1 is 1.19 bits per heavy atom. The van der Waals surface area contributed by atoms with Gasteiger partial charge in [0.15, 0.2) is 10.3 Å². The second-order valence-electron chi connectivity index (χ2n) is 8.70. The number of hydrogen-bond acceptors (Lipinski definition) is 6. The second-order valence-corrected chi connectivity index (χ2v) is 9.07. The molecule has 192 valence electrons. The van der Waals surface area contributed by atoms with Gasteiger partial charge in [0.1, 0.15) is 23.3 Å². The minimum atomic E-state index is -0.612. The van der Waals surface area contributed by atoms with Crippen molar-refractivity contribution in [2.75, 3.05) is 36.9 Å². The molecule has 1 fully saturated rings. The van der Waals surface area contributed by atoms with Crippen molar-refractivity contribution < 1.29 is 13.9 Å². The Kier molecular flexibility index (Phi) is 8.45. The molecule has 11 heteroatoms. The Bertz CT molecular complexity index is 1430. The molecule has 0 radical (unpaired) electrons. The maximum absolute atomic E-state index is 13.2. The molecule has 2 heterocycles. The number of morpholine rings is 1. The SMILES string of the molecule is Cn1c(NCC2CN(Cc3ccc(F)cc3)CCO2)c(C#N)c(=NC(=O)Nc2ccccc2)n(C)c1=S. The average molecular weight is 522 g/mol. The lowest BCUT2D eigenvalue weighted by molar-refractivity contribution is -0.0241. The van der Waals surface area contributed by atoms with E-state index in [-0.39, 0.29) is 23.0 Å². The van der Waals surface area contributed by atoms with Crippen molar-refractivity contribution in [2.24, 2.45) is 19.1 Å². The van der Waals surface area contributed by atoms with Gasteiger partial charge in [0.25, 0.3) is 0 Å². The number of ether oxygens (including phenoxy) is 1. The van der Waals surface area contributed by atoms with Gasteiger partial charge < -0.3 is 24.5 Å². The number of para-hydroxylation sites is 1. The monoisotopic (exact) mass is 521 g/mol. The Morgan fingerprint density at radius 2 is 1.92 bits per heavy atom. The van der Waals surface area contributed by atoms with E-state index in [1.165, 1.54) is 16.7 Å². The lowest BCUT2D eigenvalue weighted by Crippen LogP contribution is -2.45. The van der Waals surface area contributed by atoms with E-state index in [4.69, 9.17) is 17.0 Å². The largest absolute Gasteiger partial charge is 0.374 e. The first-order valence-corrected chi connectivity index (χ1v) is 12.2. The molecule has 9 nitrogen and oxygen atoms in total. The molecule has 0 bridgehead atoms. The topological polar surface area (TPSA) is 99.6 Å². The number of nitriles is 1. The van der Waals surface area contributed by atoms with Crippen LogP contribution < -0.4 is 16.1 Å². The van der Waals surface area contributed by atoms with Gasteiger partial charge in [-0.05, 0) is 42.0 Å². The number of nitrogens with zero attached hydrogens (tertiary/aromatic N) is 5. The molecule has 2 aromatic carbocycles. The van der Waals surface area contributed by atoms with Gasteiger partial charge in [0.05, 0.1) is 12.7 Å². The summed E-state index contributed by atoms with van der Waals surface area (Å²) in [6.07, 6.45) is -0.148. The first kappa shape index (κ1) is 26.2. The molecule has 1 aliphatic heterocycles. The molecule has 1 aromatic heterocycles. The summed E-state index contributed by atoms with van der Waals surface area (Å²) in [7, 11) is 3.42. The molecule has 0 aliphatic carbocycles. The minimum absolute atomic E-state index is 0.148. The maximum Gasteiger partial charge on any atom is 0.347 e. The molecular formula is C26H28FN7O2S. The van der Waals surface area contributed by atoms with E-state index in [0.717, 1.165) is 12.1 Å². The highest BCUT2D eigenvalue weighted by atomic mass is 32.1. The van der Waals surface area contributed by atoms with Crippen LogP contribution in [0.15, 0.2) is 59.6 Å². The molecule has 0 spiro atoms. The fraction of sp³-hybridized carbons (Fsp3) is 0.308. The van der Waals surface area contributed by atoms with Gasteiger partial charge in [-0.3, -0.25) is 4.90 Å². The quantitative estimate of drug-likeness (QED) is 0.482. The smallest absolute Gasteiger partial charge is 0.347 e. The molecule has 1 atom stereocenters. The van der Waals surface area contributed by atoms with Crippen molar-refractivity contribution >= 4 is 29.8 Å². The van der Waals surface area contributed by atoms with E-state index in [1.807, 2.05) is 6.07 Å². The Morgan fingerprint density at radius 3 is 2.62 bits per heavy atom. The van der Waals surface area contributed by atoms with Crippen LogP contribution in [-0.2, 0) is 25.4 Å². The van der Waals surface area contributed by atoms with Crippen LogP contribution in [0.1, 0.15) is 11.1 Å². The Balaban J connectivity index is 1.52.